The van der Waals surface area contributed by atoms with E-state index in [0.717, 1.165) is 18.9 Å². The molecule has 2 radical (unpaired) electrons. The van der Waals surface area contributed by atoms with Crippen LogP contribution >= 0.6 is 0 Å². The van der Waals surface area contributed by atoms with Gasteiger partial charge in [0, 0.05) is 0 Å². The van der Waals surface area contributed by atoms with E-state index in [4.69, 9.17) is 9.72 Å². The van der Waals surface area contributed by atoms with Crippen LogP contribution in [0.15, 0.2) is 18.2 Å². The number of anilines is 1. The Labute approximate surface area is 127 Å². The van der Waals surface area contributed by atoms with Gasteiger partial charge in [0.15, 0.2) is 0 Å². The Bertz CT molecular complexity index is 420. The van der Waals surface area contributed by atoms with E-state index in [1.807, 2.05) is 0 Å². The monoisotopic (exact) mass is 368 g/mol. The van der Waals surface area contributed by atoms with Crippen LogP contribution in [0.1, 0.15) is 34.6 Å². The molecule has 0 spiro atoms. The zero-order valence-electron chi connectivity index (χ0n) is 12.6. The maximum atomic E-state index is 5.79. The first-order valence-corrected chi connectivity index (χ1v) is 9.84. The Hall–Kier alpha value is -0.291. The van der Waals surface area contributed by atoms with Crippen molar-refractivity contribution in [3.8, 4) is 0 Å². The summed E-state index contributed by atoms with van der Waals surface area (Å²) in [7, 11) is 0. The summed E-state index contributed by atoms with van der Waals surface area (Å²) in [4.78, 5) is 7.26. The van der Waals surface area contributed by atoms with Crippen molar-refractivity contribution in [2.75, 3.05) is 18.0 Å². The quantitative estimate of drug-likeness (QED) is 0.750. The minimum atomic E-state index is -0.624. The van der Waals surface area contributed by atoms with E-state index in [9.17, 15) is 0 Å². The first-order chi connectivity index (χ1) is 8.83. The van der Waals surface area contributed by atoms with Crippen LogP contribution in [0.5, 0.6) is 0 Å². The molecule has 0 aliphatic carbocycles. The second kappa shape index (κ2) is 6.00. The number of aromatic nitrogens is 1. The Kier molecular flexibility index (Phi) is 4.77. The third-order valence-electron chi connectivity index (χ3n) is 2.98. The van der Waals surface area contributed by atoms with Gasteiger partial charge < -0.3 is 0 Å². The molecule has 1 aliphatic rings. The molecule has 19 heavy (non-hydrogen) atoms. The van der Waals surface area contributed by atoms with Crippen LogP contribution in [0.4, 0.5) is 5.82 Å². The molecular weight excluding hydrogens is 343 g/mol. The predicted octanol–water partition coefficient (Wildman–Crippen LogP) is 2.24. The Morgan fingerprint density at radius 1 is 1.21 bits per heavy atom. The van der Waals surface area contributed by atoms with Crippen LogP contribution in [0.25, 0.3) is 0 Å². The van der Waals surface area contributed by atoms with Gasteiger partial charge in [0.05, 0.1) is 0 Å². The average Bonchev–Trinajstić information content (AvgIpc) is 2.25. The Morgan fingerprint density at radius 2 is 1.84 bits per heavy atom. The fourth-order valence-corrected chi connectivity index (χ4v) is 5.61. The topological polar surface area (TPSA) is 25.4 Å². The van der Waals surface area contributed by atoms with Gasteiger partial charge in [0.1, 0.15) is 0 Å². The number of pyridine rings is 1. The fourth-order valence-electron chi connectivity index (χ4n) is 2.42. The molecule has 3 nitrogen and oxygen atoms in total. The summed E-state index contributed by atoms with van der Waals surface area (Å²) in [6.45, 7) is 13.1. The molecule has 1 fully saturated rings. The first kappa shape index (κ1) is 15.1. The van der Waals surface area contributed by atoms with E-state index in [1.165, 1.54) is 3.71 Å². The van der Waals surface area contributed by atoms with Gasteiger partial charge in [0.2, 0.25) is 0 Å². The third-order valence-corrected chi connectivity index (χ3v) is 6.65. The molecule has 2 atom stereocenters. The Morgan fingerprint density at radius 3 is 2.42 bits per heavy atom. The second-order valence-electron chi connectivity index (χ2n) is 6.42. The summed E-state index contributed by atoms with van der Waals surface area (Å²) in [5.41, 5.74) is 0. The van der Waals surface area contributed by atoms with Crippen LogP contribution in [-0.2, 0) is 4.74 Å². The van der Waals surface area contributed by atoms with E-state index in [1.54, 1.807) is 0 Å². The van der Waals surface area contributed by atoms with Gasteiger partial charge >= 0.3 is 127 Å². The SMILES string of the molecule is C[C@@H]1CN(c2ccc[c]([Sn][C](C)(C)C)n2)C[C@H](C)O1. The number of morpholine rings is 1. The predicted molar refractivity (Wildman–Crippen MR) is 81.6 cm³/mol. The van der Waals surface area contributed by atoms with Crippen molar-refractivity contribution in [1.29, 1.82) is 0 Å². The molecule has 104 valence electrons. The molecule has 0 aromatic carbocycles. The van der Waals surface area contributed by atoms with Gasteiger partial charge in [0.25, 0.3) is 0 Å². The van der Waals surface area contributed by atoms with Crippen molar-refractivity contribution in [3.05, 3.63) is 18.2 Å². The number of hydrogen-bond donors (Lipinski definition) is 0. The van der Waals surface area contributed by atoms with Crippen LogP contribution in [0.2, 0.25) is 3.43 Å². The number of hydrogen-bond acceptors (Lipinski definition) is 3. The van der Waals surface area contributed by atoms with Gasteiger partial charge in [-0.05, 0) is 0 Å². The van der Waals surface area contributed by atoms with Gasteiger partial charge in [-0.25, -0.2) is 0 Å². The summed E-state index contributed by atoms with van der Waals surface area (Å²) < 4.78 is 7.58. The van der Waals surface area contributed by atoms with Gasteiger partial charge in [-0.2, -0.15) is 0 Å². The van der Waals surface area contributed by atoms with Gasteiger partial charge in [-0.1, -0.05) is 0 Å². The molecular formula is C15H24N2OSn. The average molecular weight is 367 g/mol. The second-order valence-corrected chi connectivity index (χ2v) is 12.9. The molecule has 0 unspecified atom stereocenters. The Balaban J connectivity index is 2.14. The maximum absolute atomic E-state index is 5.79. The molecule has 2 heterocycles. The molecule has 2 rings (SSSR count). The zero-order chi connectivity index (χ0) is 14.0. The van der Waals surface area contributed by atoms with Crippen LogP contribution in [-0.4, -0.2) is 51.4 Å². The fraction of sp³-hybridized carbons (Fsp3) is 0.667. The van der Waals surface area contributed by atoms with Gasteiger partial charge in [-0.3, -0.25) is 0 Å². The van der Waals surface area contributed by atoms with Crippen molar-refractivity contribution < 1.29 is 4.74 Å². The molecule has 0 bridgehead atoms. The van der Waals surface area contributed by atoms with Crippen molar-refractivity contribution in [1.82, 2.24) is 4.98 Å². The molecule has 1 saturated heterocycles. The van der Waals surface area contributed by atoms with E-state index < -0.39 is 21.1 Å². The van der Waals surface area contributed by atoms with E-state index in [-0.39, 0.29) is 12.2 Å². The molecule has 1 aromatic heterocycles. The molecule has 4 heteroatoms. The summed E-state index contributed by atoms with van der Waals surface area (Å²) in [6, 6.07) is 6.50. The van der Waals surface area contributed by atoms with E-state index in [2.05, 4.69) is 57.7 Å². The van der Waals surface area contributed by atoms with Crippen molar-refractivity contribution in [2.24, 2.45) is 0 Å². The van der Waals surface area contributed by atoms with Gasteiger partial charge in [-0.15, -0.1) is 0 Å². The zero-order valence-corrected chi connectivity index (χ0v) is 15.5. The van der Waals surface area contributed by atoms with Crippen LogP contribution in [0.3, 0.4) is 0 Å². The normalized spacial score (nSPS) is 24.6. The molecule has 1 aliphatic heterocycles. The third kappa shape index (κ3) is 4.63. The van der Waals surface area contributed by atoms with Crippen LogP contribution < -0.4 is 8.61 Å². The van der Waals surface area contributed by atoms with E-state index in [0.29, 0.717) is 3.43 Å². The summed E-state index contributed by atoms with van der Waals surface area (Å²) in [5, 5.41) is 0. The van der Waals surface area contributed by atoms with Crippen molar-refractivity contribution >= 4 is 30.7 Å². The minimum absolute atomic E-state index is 0.289. The molecule has 1 aromatic rings. The van der Waals surface area contributed by atoms with Crippen molar-refractivity contribution in [3.63, 3.8) is 0 Å². The number of nitrogens with zero attached hydrogens (tertiary/aromatic N) is 2. The first-order valence-electron chi connectivity index (χ1n) is 6.99. The summed E-state index contributed by atoms with van der Waals surface area (Å²) >= 11 is -0.624. The standard InChI is InChI=1S/C11H15N2O.C4H9.Sn/c1-9-7-13(8-10(2)14-9)11-5-3-4-6-12-11;1-4(2)3;/h3-5,9-10H,7-8H2,1-2H3;1-3H3;/t9-,10+;;. The molecule has 0 saturated carbocycles. The van der Waals surface area contributed by atoms with Crippen molar-refractivity contribution in [2.45, 2.75) is 50.3 Å². The molecule has 0 amide bonds. The number of rotatable bonds is 2. The molecule has 0 N–H and O–H groups in total. The number of ether oxygens (including phenoxy) is 1. The van der Waals surface area contributed by atoms with E-state index >= 15 is 0 Å². The summed E-state index contributed by atoms with van der Waals surface area (Å²) in [5.74, 6) is 1.13. The summed E-state index contributed by atoms with van der Waals surface area (Å²) in [6.07, 6.45) is 0.577. The van der Waals surface area contributed by atoms with Crippen LogP contribution in [0, 0.1) is 0 Å².